The number of hydrogen-bond donors (Lipinski definition) is 2. The van der Waals surface area contributed by atoms with Crippen LogP contribution in [0.4, 0.5) is 0 Å². The van der Waals surface area contributed by atoms with Crippen molar-refractivity contribution >= 4 is 17.5 Å². The fraction of sp³-hybridized carbons (Fsp3) is 0.478. The van der Waals surface area contributed by atoms with Crippen LogP contribution >= 0.6 is 11.6 Å². The average Bonchev–Trinajstić information content (AvgIpc) is 3.56. The second kappa shape index (κ2) is 9.14. The van der Waals surface area contributed by atoms with Crippen molar-refractivity contribution in [3.63, 3.8) is 0 Å². The van der Waals surface area contributed by atoms with Gasteiger partial charge in [0.05, 0.1) is 18.3 Å². The molecule has 154 valence electrons. The zero-order valence-electron chi connectivity index (χ0n) is 16.4. The first-order valence-electron chi connectivity index (χ1n) is 10.4. The number of halogens is 1. The Balaban J connectivity index is 1.51. The summed E-state index contributed by atoms with van der Waals surface area (Å²) in [7, 11) is 0. The molecule has 2 aliphatic carbocycles. The summed E-state index contributed by atoms with van der Waals surface area (Å²) in [5.74, 6) is 1.09. The summed E-state index contributed by atoms with van der Waals surface area (Å²) in [5.41, 5.74) is 2.18. The Bertz CT molecular complexity index is 852. The van der Waals surface area contributed by atoms with Gasteiger partial charge in [0.15, 0.2) is 0 Å². The van der Waals surface area contributed by atoms with Gasteiger partial charge in [-0.2, -0.15) is 0 Å². The molecule has 2 aliphatic rings. The SMILES string of the molecule is O=C(NC[C@@H]1CCCC[C@@H]1O)c1cnc(OCC2CC2)c(-c2ccc(Cl)cc2)c1. The smallest absolute Gasteiger partial charge is 0.252 e. The molecule has 2 N–H and O–H groups in total. The van der Waals surface area contributed by atoms with Crippen molar-refractivity contribution in [1.82, 2.24) is 10.3 Å². The van der Waals surface area contributed by atoms with Gasteiger partial charge in [-0.3, -0.25) is 4.79 Å². The maximum absolute atomic E-state index is 12.7. The average molecular weight is 415 g/mol. The predicted molar refractivity (Wildman–Crippen MR) is 113 cm³/mol. The molecule has 0 bridgehead atoms. The third-order valence-corrected chi connectivity index (χ3v) is 6.07. The monoisotopic (exact) mass is 414 g/mol. The van der Waals surface area contributed by atoms with E-state index in [1.54, 1.807) is 6.20 Å². The van der Waals surface area contributed by atoms with Crippen LogP contribution in [0.2, 0.25) is 5.02 Å². The molecule has 1 aromatic heterocycles. The molecule has 0 aliphatic heterocycles. The molecule has 1 aromatic carbocycles. The normalized spacial score (nSPS) is 21.6. The molecule has 2 saturated carbocycles. The van der Waals surface area contributed by atoms with Crippen molar-refractivity contribution in [3.05, 3.63) is 47.1 Å². The van der Waals surface area contributed by atoms with E-state index in [0.29, 0.717) is 35.5 Å². The molecule has 0 saturated heterocycles. The number of carbonyl (C=O) groups is 1. The molecule has 6 heteroatoms. The first-order valence-corrected chi connectivity index (χ1v) is 10.8. The minimum absolute atomic E-state index is 0.123. The number of hydrogen-bond acceptors (Lipinski definition) is 4. The Morgan fingerprint density at radius 2 is 1.93 bits per heavy atom. The first kappa shape index (κ1) is 20.2. The number of rotatable bonds is 7. The molecule has 5 nitrogen and oxygen atoms in total. The van der Waals surface area contributed by atoms with Crippen molar-refractivity contribution in [1.29, 1.82) is 0 Å². The predicted octanol–water partition coefficient (Wildman–Crippen LogP) is 4.47. The fourth-order valence-corrected chi connectivity index (χ4v) is 3.89. The summed E-state index contributed by atoms with van der Waals surface area (Å²) in [6.45, 7) is 1.13. The van der Waals surface area contributed by atoms with E-state index in [2.05, 4.69) is 10.3 Å². The Labute approximate surface area is 176 Å². The summed E-state index contributed by atoms with van der Waals surface area (Å²) in [6, 6.07) is 9.27. The number of nitrogens with one attached hydrogen (secondary N) is 1. The van der Waals surface area contributed by atoms with E-state index in [-0.39, 0.29) is 17.9 Å². The summed E-state index contributed by atoms with van der Waals surface area (Å²) in [5, 5.41) is 13.7. The lowest BCUT2D eigenvalue weighted by Crippen LogP contribution is -2.36. The number of benzene rings is 1. The van der Waals surface area contributed by atoms with Gasteiger partial charge in [-0.05, 0) is 55.4 Å². The van der Waals surface area contributed by atoms with Gasteiger partial charge in [-0.25, -0.2) is 4.98 Å². The highest BCUT2D eigenvalue weighted by molar-refractivity contribution is 6.30. The van der Waals surface area contributed by atoms with Crippen LogP contribution in [0.1, 0.15) is 48.9 Å². The van der Waals surface area contributed by atoms with E-state index < -0.39 is 0 Å². The lowest BCUT2D eigenvalue weighted by Gasteiger charge is -2.27. The molecule has 1 heterocycles. The Hall–Kier alpha value is -2.11. The third kappa shape index (κ3) is 5.28. The molecule has 2 aromatic rings. The van der Waals surface area contributed by atoms with Crippen LogP contribution in [0.3, 0.4) is 0 Å². The highest BCUT2D eigenvalue weighted by Crippen LogP contribution is 2.33. The molecule has 1 amide bonds. The zero-order chi connectivity index (χ0) is 20.2. The van der Waals surface area contributed by atoms with Crippen LogP contribution in [-0.2, 0) is 0 Å². The highest BCUT2D eigenvalue weighted by Gasteiger charge is 2.25. The second-order valence-electron chi connectivity index (χ2n) is 8.16. The van der Waals surface area contributed by atoms with Crippen LogP contribution in [0.5, 0.6) is 5.88 Å². The summed E-state index contributed by atoms with van der Waals surface area (Å²) < 4.78 is 5.94. The van der Waals surface area contributed by atoms with Gasteiger partial charge in [0.25, 0.3) is 5.91 Å². The van der Waals surface area contributed by atoms with Gasteiger partial charge >= 0.3 is 0 Å². The number of pyridine rings is 1. The molecule has 0 spiro atoms. The van der Waals surface area contributed by atoms with Gasteiger partial charge in [-0.1, -0.05) is 36.6 Å². The van der Waals surface area contributed by atoms with Gasteiger partial charge in [0.1, 0.15) is 0 Å². The Morgan fingerprint density at radius 3 is 2.66 bits per heavy atom. The maximum atomic E-state index is 12.7. The fourth-order valence-electron chi connectivity index (χ4n) is 3.76. The minimum atomic E-state index is -0.329. The van der Waals surface area contributed by atoms with E-state index in [1.165, 1.54) is 12.8 Å². The van der Waals surface area contributed by atoms with Crippen LogP contribution in [-0.4, -0.2) is 35.3 Å². The van der Waals surface area contributed by atoms with Crippen molar-refractivity contribution in [2.45, 2.75) is 44.6 Å². The van der Waals surface area contributed by atoms with E-state index >= 15 is 0 Å². The highest BCUT2D eigenvalue weighted by atomic mass is 35.5. The quantitative estimate of drug-likeness (QED) is 0.701. The first-order chi connectivity index (χ1) is 14.1. The lowest BCUT2D eigenvalue weighted by atomic mass is 9.86. The third-order valence-electron chi connectivity index (χ3n) is 5.81. The van der Waals surface area contributed by atoms with E-state index in [1.807, 2.05) is 30.3 Å². The largest absolute Gasteiger partial charge is 0.477 e. The molecule has 0 unspecified atom stereocenters. The number of ether oxygens (including phenoxy) is 1. The van der Waals surface area contributed by atoms with Crippen molar-refractivity contribution in [2.75, 3.05) is 13.2 Å². The Kier molecular flexibility index (Phi) is 6.36. The molecular weight excluding hydrogens is 388 g/mol. The standard InChI is InChI=1S/C23H27ClN2O3/c24-19-9-7-16(8-10-19)20-11-18(13-26-23(20)29-14-15-5-6-15)22(28)25-12-17-3-1-2-4-21(17)27/h7-11,13,15,17,21,27H,1-6,12,14H2,(H,25,28)/t17-,21-/m0/s1. The van der Waals surface area contributed by atoms with Crippen LogP contribution in [0.25, 0.3) is 11.1 Å². The molecule has 0 radical (unpaired) electrons. The Morgan fingerprint density at radius 1 is 1.17 bits per heavy atom. The van der Waals surface area contributed by atoms with E-state index in [9.17, 15) is 9.90 Å². The van der Waals surface area contributed by atoms with Crippen molar-refractivity contribution in [3.8, 4) is 17.0 Å². The van der Waals surface area contributed by atoms with Crippen LogP contribution in [0.15, 0.2) is 36.5 Å². The van der Waals surface area contributed by atoms with Crippen LogP contribution < -0.4 is 10.1 Å². The number of aliphatic hydroxyl groups is 1. The minimum Gasteiger partial charge on any atom is -0.477 e. The molecule has 2 fully saturated rings. The summed E-state index contributed by atoms with van der Waals surface area (Å²) in [6.07, 6.45) is 7.56. The molecule has 4 rings (SSSR count). The van der Waals surface area contributed by atoms with Crippen LogP contribution in [0, 0.1) is 11.8 Å². The van der Waals surface area contributed by atoms with Gasteiger partial charge in [-0.15, -0.1) is 0 Å². The lowest BCUT2D eigenvalue weighted by molar-refractivity contribution is 0.0663. The second-order valence-corrected chi connectivity index (χ2v) is 8.60. The van der Waals surface area contributed by atoms with E-state index in [4.69, 9.17) is 16.3 Å². The van der Waals surface area contributed by atoms with E-state index in [0.717, 1.165) is 36.8 Å². The molecular formula is C23H27ClN2O3. The van der Waals surface area contributed by atoms with Gasteiger partial charge in [0, 0.05) is 29.2 Å². The molecule has 29 heavy (non-hydrogen) atoms. The van der Waals surface area contributed by atoms with Crippen molar-refractivity contribution in [2.24, 2.45) is 11.8 Å². The van der Waals surface area contributed by atoms with Gasteiger partial charge in [0.2, 0.25) is 5.88 Å². The number of nitrogens with zero attached hydrogens (tertiary/aromatic N) is 1. The topological polar surface area (TPSA) is 71.5 Å². The number of aliphatic hydroxyl groups excluding tert-OH is 1. The number of aromatic nitrogens is 1. The van der Waals surface area contributed by atoms with Crippen molar-refractivity contribution < 1.29 is 14.6 Å². The zero-order valence-corrected chi connectivity index (χ0v) is 17.2. The number of carbonyl (C=O) groups excluding carboxylic acids is 1. The summed E-state index contributed by atoms with van der Waals surface area (Å²) >= 11 is 6.03. The van der Waals surface area contributed by atoms with Gasteiger partial charge < -0.3 is 15.2 Å². The summed E-state index contributed by atoms with van der Waals surface area (Å²) in [4.78, 5) is 17.2. The molecule has 2 atom stereocenters. The maximum Gasteiger partial charge on any atom is 0.252 e. The number of amides is 1.